The first-order valence-corrected chi connectivity index (χ1v) is 5.19. The summed E-state index contributed by atoms with van der Waals surface area (Å²) >= 11 is 0. The molecule has 1 aliphatic rings. The summed E-state index contributed by atoms with van der Waals surface area (Å²) in [4.78, 5) is 0. The predicted molar refractivity (Wildman–Crippen MR) is 52.8 cm³/mol. The average molecular weight is 156 g/mol. The Balaban J connectivity index is 0.000000461. The van der Waals surface area contributed by atoms with Gasteiger partial charge >= 0.3 is 0 Å². The van der Waals surface area contributed by atoms with Crippen LogP contribution < -0.4 is 0 Å². The average Bonchev–Trinajstić information content (AvgIpc) is 2.38. The molecule has 1 rings (SSSR count). The van der Waals surface area contributed by atoms with Crippen LogP contribution in [0.1, 0.15) is 60.3 Å². The molecule has 0 heteroatoms. The van der Waals surface area contributed by atoms with Crippen LogP contribution in [-0.2, 0) is 0 Å². The SMILES string of the molecule is CC.CCC1(C)CCCC1C. The van der Waals surface area contributed by atoms with Gasteiger partial charge in [-0.3, -0.25) is 0 Å². The van der Waals surface area contributed by atoms with E-state index in [0.29, 0.717) is 5.41 Å². The van der Waals surface area contributed by atoms with E-state index in [4.69, 9.17) is 0 Å². The molecule has 2 unspecified atom stereocenters. The van der Waals surface area contributed by atoms with Gasteiger partial charge in [0.1, 0.15) is 0 Å². The third-order valence-electron chi connectivity index (χ3n) is 3.38. The second kappa shape index (κ2) is 4.79. The maximum Gasteiger partial charge on any atom is -0.0303 e. The minimum Gasteiger partial charge on any atom is -0.0683 e. The fourth-order valence-corrected chi connectivity index (χ4v) is 1.93. The molecule has 0 amide bonds. The van der Waals surface area contributed by atoms with E-state index in [1.54, 1.807) is 0 Å². The van der Waals surface area contributed by atoms with Gasteiger partial charge < -0.3 is 0 Å². The summed E-state index contributed by atoms with van der Waals surface area (Å²) in [6.45, 7) is 11.2. The molecule has 0 spiro atoms. The van der Waals surface area contributed by atoms with Crippen LogP contribution in [0.25, 0.3) is 0 Å². The molecule has 0 saturated heterocycles. The van der Waals surface area contributed by atoms with Crippen molar-refractivity contribution in [3.05, 3.63) is 0 Å². The van der Waals surface area contributed by atoms with Crippen molar-refractivity contribution in [1.82, 2.24) is 0 Å². The number of hydrogen-bond donors (Lipinski definition) is 0. The highest BCUT2D eigenvalue weighted by molar-refractivity contribution is 4.84. The van der Waals surface area contributed by atoms with Crippen molar-refractivity contribution in [2.24, 2.45) is 11.3 Å². The molecular formula is C11H24. The van der Waals surface area contributed by atoms with Gasteiger partial charge in [0.2, 0.25) is 0 Å². The molecule has 68 valence electrons. The summed E-state index contributed by atoms with van der Waals surface area (Å²) < 4.78 is 0. The second-order valence-electron chi connectivity index (χ2n) is 3.80. The fourth-order valence-electron chi connectivity index (χ4n) is 1.93. The second-order valence-corrected chi connectivity index (χ2v) is 3.80. The Morgan fingerprint density at radius 3 is 2.09 bits per heavy atom. The van der Waals surface area contributed by atoms with E-state index >= 15 is 0 Å². The topological polar surface area (TPSA) is 0 Å². The molecule has 1 aliphatic carbocycles. The molecule has 0 aliphatic heterocycles. The molecule has 2 atom stereocenters. The zero-order valence-electron chi connectivity index (χ0n) is 8.91. The molecule has 0 radical (unpaired) electrons. The Hall–Kier alpha value is 0. The van der Waals surface area contributed by atoms with Gasteiger partial charge in [-0.25, -0.2) is 0 Å². The van der Waals surface area contributed by atoms with E-state index in [1.165, 1.54) is 25.7 Å². The van der Waals surface area contributed by atoms with E-state index in [-0.39, 0.29) is 0 Å². The van der Waals surface area contributed by atoms with Crippen LogP contribution in [0.5, 0.6) is 0 Å². The highest BCUT2D eigenvalue weighted by Crippen LogP contribution is 2.44. The van der Waals surface area contributed by atoms with Gasteiger partial charge in [0.15, 0.2) is 0 Å². The highest BCUT2D eigenvalue weighted by atomic mass is 14.4. The first kappa shape index (κ1) is 11.0. The van der Waals surface area contributed by atoms with Gasteiger partial charge in [-0.05, 0) is 17.8 Å². The zero-order valence-corrected chi connectivity index (χ0v) is 8.91. The molecule has 0 nitrogen and oxygen atoms in total. The van der Waals surface area contributed by atoms with Crippen LogP contribution in [0, 0.1) is 11.3 Å². The fraction of sp³-hybridized carbons (Fsp3) is 1.00. The third kappa shape index (κ3) is 2.50. The maximum absolute atomic E-state index is 2.44. The van der Waals surface area contributed by atoms with Gasteiger partial charge in [0.25, 0.3) is 0 Å². The minimum atomic E-state index is 0.694. The third-order valence-corrected chi connectivity index (χ3v) is 3.38. The van der Waals surface area contributed by atoms with Crippen molar-refractivity contribution in [2.75, 3.05) is 0 Å². The lowest BCUT2D eigenvalue weighted by Gasteiger charge is -2.27. The summed E-state index contributed by atoms with van der Waals surface area (Å²) in [5.41, 5.74) is 0.694. The van der Waals surface area contributed by atoms with Crippen molar-refractivity contribution in [3.8, 4) is 0 Å². The Morgan fingerprint density at radius 2 is 1.91 bits per heavy atom. The van der Waals surface area contributed by atoms with Crippen molar-refractivity contribution in [2.45, 2.75) is 60.3 Å². The molecule has 1 fully saturated rings. The highest BCUT2D eigenvalue weighted by Gasteiger charge is 2.33. The summed E-state index contributed by atoms with van der Waals surface area (Å²) in [7, 11) is 0. The van der Waals surface area contributed by atoms with Crippen LogP contribution in [0.2, 0.25) is 0 Å². The lowest BCUT2D eigenvalue weighted by molar-refractivity contribution is 0.236. The van der Waals surface area contributed by atoms with Crippen molar-refractivity contribution >= 4 is 0 Å². The Morgan fingerprint density at radius 1 is 1.36 bits per heavy atom. The van der Waals surface area contributed by atoms with Crippen LogP contribution in [0.4, 0.5) is 0 Å². The van der Waals surface area contributed by atoms with E-state index in [2.05, 4.69) is 20.8 Å². The first-order chi connectivity index (χ1) is 5.19. The summed E-state index contributed by atoms with van der Waals surface area (Å²) in [5.74, 6) is 0.975. The quantitative estimate of drug-likeness (QED) is 0.532. The molecule has 0 N–H and O–H groups in total. The van der Waals surface area contributed by atoms with E-state index in [1.807, 2.05) is 13.8 Å². The predicted octanol–water partition coefficient (Wildman–Crippen LogP) is 4.25. The first-order valence-electron chi connectivity index (χ1n) is 5.19. The molecule has 0 heterocycles. The molecule has 0 bridgehead atoms. The van der Waals surface area contributed by atoms with Crippen molar-refractivity contribution in [1.29, 1.82) is 0 Å². The van der Waals surface area contributed by atoms with Gasteiger partial charge in [-0.2, -0.15) is 0 Å². The van der Waals surface area contributed by atoms with Crippen molar-refractivity contribution < 1.29 is 0 Å². The van der Waals surface area contributed by atoms with Crippen LogP contribution in [-0.4, -0.2) is 0 Å². The summed E-state index contributed by atoms with van der Waals surface area (Å²) in [6, 6.07) is 0. The Kier molecular flexibility index (Phi) is 4.79. The minimum absolute atomic E-state index is 0.694. The summed E-state index contributed by atoms with van der Waals surface area (Å²) in [6.07, 6.45) is 5.76. The molecule has 0 aromatic carbocycles. The normalized spacial score (nSPS) is 36.3. The monoisotopic (exact) mass is 156 g/mol. The lowest BCUT2D eigenvalue weighted by atomic mass is 9.79. The number of rotatable bonds is 1. The lowest BCUT2D eigenvalue weighted by Crippen LogP contribution is -2.17. The van der Waals surface area contributed by atoms with Gasteiger partial charge in [0, 0.05) is 0 Å². The largest absolute Gasteiger partial charge is 0.0683 e. The van der Waals surface area contributed by atoms with E-state index in [9.17, 15) is 0 Å². The standard InChI is InChI=1S/C9H18.C2H6/c1-4-9(3)7-5-6-8(9)2;1-2/h8H,4-7H2,1-3H3;1-2H3. The maximum atomic E-state index is 2.44. The van der Waals surface area contributed by atoms with Crippen LogP contribution in [0.15, 0.2) is 0 Å². The van der Waals surface area contributed by atoms with Crippen LogP contribution in [0.3, 0.4) is 0 Å². The van der Waals surface area contributed by atoms with E-state index in [0.717, 1.165) is 5.92 Å². The zero-order chi connectivity index (χ0) is 8.91. The number of hydrogen-bond acceptors (Lipinski definition) is 0. The molecule has 0 aromatic heterocycles. The smallest absolute Gasteiger partial charge is 0.0303 e. The molecule has 11 heavy (non-hydrogen) atoms. The Bertz CT molecular complexity index is 96.2. The summed E-state index contributed by atoms with van der Waals surface area (Å²) in [5, 5.41) is 0. The van der Waals surface area contributed by atoms with Crippen molar-refractivity contribution in [3.63, 3.8) is 0 Å². The Labute approximate surface area is 72.4 Å². The van der Waals surface area contributed by atoms with Crippen LogP contribution >= 0.6 is 0 Å². The van der Waals surface area contributed by atoms with Gasteiger partial charge in [-0.1, -0.05) is 53.9 Å². The molecule has 0 aromatic rings. The van der Waals surface area contributed by atoms with E-state index < -0.39 is 0 Å². The van der Waals surface area contributed by atoms with Gasteiger partial charge in [-0.15, -0.1) is 0 Å². The molecule has 1 saturated carbocycles. The molecular weight excluding hydrogens is 132 g/mol. The van der Waals surface area contributed by atoms with Gasteiger partial charge in [0.05, 0.1) is 0 Å².